The predicted molar refractivity (Wildman–Crippen MR) is 176 cm³/mol. The van der Waals surface area contributed by atoms with E-state index in [-0.39, 0.29) is 0 Å². The van der Waals surface area contributed by atoms with Crippen LogP contribution in [-0.2, 0) is 0 Å². The molecule has 0 fully saturated rings. The molecule has 0 aromatic rings. The highest BCUT2D eigenvalue weighted by Gasteiger charge is 2.22. The summed E-state index contributed by atoms with van der Waals surface area (Å²) < 4.78 is 1.15. The summed E-state index contributed by atoms with van der Waals surface area (Å²) in [7, 11) is 7.27. The van der Waals surface area contributed by atoms with Crippen molar-refractivity contribution in [2.45, 2.75) is 206 Å². The molecule has 0 aromatic carbocycles. The SMILES string of the molecule is CCCCCCCC/C=C\CCCCCCCC(CCCCCCCCCCCCCCCC)[N+](C)(C)C. The molecule has 0 amide bonds. The van der Waals surface area contributed by atoms with Gasteiger partial charge in [-0.3, -0.25) is 0 Å². The van der Waals surface area contributed by atoms with E-state index in [9.17, 15) is 0 Å². The van der Waals surface area contributed by atoms with E-state index in [1.54, 1.807) is 0 Å². The third kappa shape index (κ3) is 28.7. The number of allylic oxidation sites excluding steroid dienone is 2. The smallest absolute Gasteiger partial charge is 0.0884 e. The average Bonchev–Trinajstić information content (AvgIpc) is 2.89. The standard InChI is InChI=1S/C37H76N/c1-6-8-10-12-14-16-18-20-22-24-26-28-30-32-34-36-37(38(3,4)5)35-33-31-29-27-25-23-21-19-17-15-13-11-9-7-2/h20,22,37H,6-19,21,23-36H2,1-5H3/q+1/b22-20-. The molecule has 1 atom stereocenters. The minimum absolute atomic E-state index is 0.859. The van der Waals surface area contributed by atoms with E-state index in [4.69, 9.17) is 0 Å². The van der Waals surface area contributed by atoms with Gasteiger partial charge in [0.1, 0.15) is 0 Å². The molecule has 0 aliphatic carbocycles. The molecule has 0 heterocycles. The Morgan fingerprint density at radius 1 is 0.368 bits per heavy atom. The first-order chi connectivity index (χ1) is 18.5. The fourth-order valence-corrected chi connectivity index (χ4v) is 5.94. The van der Waals surface area contributed by atoms with E-state index in [1.165, 1.54) is 186 Å². The lowest BCUT2D eigenvalue weighted by Gasteiger charge is -2.34. The van der Waals surface area contributed by atoms with Gasteiger partial charge in [0.2, 0.25) is 0 Å². The van der Waals surface area contributed by atoms with E-state index in [2.05, 4.69) is 47.1 Å². The van der Waals surface area contributed by atoms with Gasteiger partial charge < -0.3 is 4.48 Å². The van der Waals surface area contributed by atoms with Crippen LogP contribution in [0.15, 0.2) is 12.2 Å². The third-order valence-electron chi connectivity index (χ3n) is 8.79. The van der Waals surface area contributed by atoms with E-state index < -0.39 is 0 Å². The monoisotopic (exact) mass is 535 g/mol. The first kappa shape index (κ1) is 37.7. The molecule has 0 rings (SSSR count). The first-order valence-corrected chi connectivity index (χ1v) is 18.0. The molecule has 1 heteroatoms. The van der Waals surface area contributed by atoms with Crippen molar-refractivity contribution in [2.24, 2.45) is 0 Å². The second-order valence-corrected chi connectivity index (χ2v) is 13.5. The van der Waals surface area contributed by atoms with E-state index in [0.717, 1.165) is 10.5 Å². The molecule has 0 saturated carbocycles. The number of nitrogens with zero attached hydrogens (tertiary/aromatic N) is 1. The van der Waals surface area contributed by atoms with Crippen molar-refractivity contribution < 1.29 is 4.48 Å². The second-order valence-electron chi connectivity index (χ2n) is 13.5. The minimum atomic E-state index is 0.859. The predicted octanol–water partition coefficient (Wildman–Crippen LogP) is 13.0. The molecule has 1 nitrogen and oxygen atoms in total. The van der Waals surface area contributed by atoms with Crippen LogP contribution in [0.3, 0.4) is 0 Å². The van der Waals surface area contributed by atoms with Gasteiger partial charge in [-0.1, -0.05) is 161 Å². The Balaban J connectivity index is 3.57. The van der Waals surface area contributed by atoms with Crippen LogP contribution in [-0.4, -0.2) is 31.7 Å². The van der Waals surface area contributed by atoms with E-state index >= 15 is 0 Å². The van der Waals surface area contributed by atoms with Gasteiger partial charge in [0.05, 0.1) is 27.2 Å². The summed E-state index contributed by atoms with van der Waals surface area (Å²) in [4.78, 5) is 0. The lowest BCUT2D eigenvalue weighted by molar-refractivity contribution is -0.896. The molecule has 0 radical (unpaired) electrons. The van der Waals surface area contributed by atoms with Gasteiger partial charge in [0.25, 0.3) is 0 Å². The maximum Gasteiger partial charge on any atom is 0.0884 e. The molecule has 0 N–H and O–H groups in total. The summed E-state index contributed by atoms with van der Waals surface area (Å²) >= 11 is 0. The molecular formula is C37H76N+. The fourth-order valence-electron chi connectivity index (χ4n) is 5.94. The topological polar surface area (TPSA) is 0 Å². The second kappa shape index (κ2) is 29.7. The summed E-state index contributed by atoms with van der Waals surface area (Å²) in [5, 5.41) is 0. The van der Waals surface area contributed by atoms with Crippen LogP contribution in [0.2, 0.25) is 0 Å². The number of rotatable bonds is 31. The van der Waals surface area contributed by atoms with Crippen molar-refractivity contribution in [1.29, 1.82) is 0 Å². The minimum Gasteiger partial charge on any atom is -0.328 e. The molecule has 0 spiro atoms. The van der Waals surface area contributed by atoms with Gasteiger partial charge in [0, 0.05) is 0 Å². The van der Waals surface area contributed by atoms with Crippen molar-refractivity contribution in [3.8, 4) is 0 Å². The molecule has 0 aromatic heterocycles. The van der Waals surface area contributed by atoms with E-state index in [0.29, 0.717) is 0 Å². The van der Waals surface area contributed by atoms with Crippen LogP contribution in [0.25, 0.3) is 0 Å². The summed E-state index contributed by atoms with van der Waals surface area (Å²) in [6.07, 6.45) is 46.4. The molecule has 0 bridgehead atoms. The van der Waals surface area contributed by atoms with Crippen LogP contribution in [0.5, 0.6) is 0 Å². The Kier molecular flexibility index (Phi) is 29.4. The Hall–Kier alpha value is -0.300. The summed E-state index contributed by atoms with van der Waals surface area (Å²) in [5.74, 6) is 0. The summed E-state index contributed by atoms with van der Waals surface area (Å²) in [6.45, 7) is 4.61. The van der Waals surface area contributed by atoms with Gasteiger partial charge in [-0.25, -0.2) is 0 Å². The highest BCUT2D eigenvalue weighted by Crippen LogP contribution is 2.21. The Labute approximate surface area is 243 Å². The maximum atomic E-state index is 2.45. The zero-order valence-corrected chi connectivity index (χ0v) is 27.7. The zero-order chi connectivity index (χ0) is 28.0. The molecule has 0 aliphatic rings. The van der Waals surface area contributed by atoms with Gasteiger partial charge in [-0.15, -0.1) is 0 Å². The number of quaternary nitrogens is 1. The van der Waals surface area contributed by atoms with Crippen molar-refractivity contribution in [1.82, 2.24) is 0 Å². The van der Waals surface area contributed by atoms with Gasteiger partial charge in [0.15, 0.2) is 0 Å². The lowest BCUT2D eigenvalue weighted by atomic mass is 9.98. The summed E-state index contributed by atoms with van der Waals surface area (Å²) in [5.41, 5.74) is 0. The van der Waals surface area contributed by atoms with Gasteiger partial charge >= 0.3 is 0 Å². The third-order valence-corrected chi connectivity index (χ3v) is 8.79. The van der Waals surface area contributed by atoms with E-state index in [1.807, 2.05) is 0 Å². The maximum absolute atomic E-state index is 2.45. The van der Waals surface area contributed by atoms with Crippen molar-refractivity contribution in [3.63, 3.8) is 0 Å². The van der Waals surface area contributed by atoms with Crippen LogP contribution in [0.1, 0.15) is 200 Å². The Morgan fingerprint density at radius 3 is 0.921 bits per heavy atom. The number of hydrogen-bond acceptors (Lipinski definition) is 0. The van der Waals surface area contributed by atoms with Crippen LogP contribution >= 0.6 is 0 Å². The van der Waals surface area contributed by atoms with Gasteiger partial charge in [-0.2, -0.15) is 0 Å². The molecular weight excluding hydrogens is 458 g/mol. The number of unbranched alkanes of at least 4 members (excludes halogenated alkanes) is 24. The molecule has 0 saturated heterocycles. The van der Waals surface area contributed by atoms with Crippen LogP contribution in [0.4, 0.5) is 0 Å². The fraction of sp³-hybridized carbons (Fsp3) is 0.946. The quantitative estimate of drug-likeness (QED) is 0.0471. The number of hydrogen-bond donors (Lipinski definition) is 0. The molecule has 228 valence electrons. The van der Waals surface area contributed by atoms with Gasteiger partial charge in [-0.05, 0) is 51.4 Å². The highest BCUT2D eigenvalue weighted by molar-refractivity contribution is 4.81. The largest absolute Gasteiger partial charge is 0.328 e. The van der Waals surface area contributed by atoms with Crippen molar-refractivity contribution in [3.05, 3.63) is 12.2 Å². The van der Waals surface area contributed by atoms with Crippen molar-refractivity contribution in [2.75, 3.05) is 21.1 Å². The average molecular weight is 535 g/mol. The van der Waals surface area contributed by atoms with Crippen LogP contribution < -0.4 is 0 Å². The lowest BCUT2D eigenvalue weighted by Crippen LogP contribution is -2.45. The normalized spacial score (nSPS) is 13.1. The van der Waals surface area contributed by atoms with Crippen LogP contribution in [0, 0.1) is 0 Å². The highest BCUT2D eigenvalue weighted by atomic mass is 15.3. The Morgan fingerprint density at radius 2 is 0.632 bits per heavy atom. The summed E-state index contributed by atoms with van der Waals surface area (Å²) in [6, 6.07) is 0.859. The molecule has 0 aliphatic heterocycles. The molecule has 1 unspecified atom stereocenters. The van der Waals surface area contributed by atoms with Crippen molar-refractivity contribution >= 4 is 0 Å². The zero-order valence-electron chi connectivity index (χ0n) is 27.7. The molecule has 38 heavy (non-hydrogen) atoms. The first-order valence-electron chi connectivity index (χ1n) is 18.0. The Bertz CT molecular complexity index is 460.